The first-order chi connectivity index (χ1) is 8.69. The zero-order valence-corrected chi connectivity index (χ0v) is 12.7. The van der Waals surface area contributed by atoms with Gasteiger partial charge in [-0.1, -0.05) is 15.9 Å². The molecule has 1 N–H and O–H groups in total. The zero-order chi connectivity index (χ0) is 13.0. The van der Waals surface area contributed by atoms with Crippen molar-refractivity contribution < 1.29 is 4.74 Å². The summed E-state index contributed by atoms with van der Waals surface area (Å²) in [4.78, 5) is 2.35. The van der Waals surface area contributed by atoms with Gasteiger partial charge < -0.3 is 15.0 Å². The van der Waals surface area contributed by atoms with Crippen molar-refractivity contribution in [3.05, 3.63) is 28.2 Å². The molecule has 4 heteroatoms. The fraction of sp³-hybridized carbons (Fsp3) is 0.571. The van der Waals surface area contributed by atoms with Gasteiger partial charge in [-0.25, -0.2) is 0 Å². The first-order valence-corrected chi connectivity index (χ1v) is 7.26. The fourth-order valence-corrected chi connectivity index (χ4v) is 2.76. The van der Waals surface area contributed by atoms with E-state index in [9.17, 15) is 0 Å². The van der Waals surface area contributed by atoms with Crippen LogP contribution in [0, 0.1) is 0 Å². The number of nitrogens with one attached hydrogen (secondary N) is 1. The van der Waals surface area contributed by atoms with Crippen molar-refractivity contribution >= 4 is 15.9 Å². The lowest BCUT2D eigenvalue weighted by Gasteiger charge is -2.20. The van der Waals surface area contributed by atoms with Gasteiger partial charge in [0.05, 0.1) is 0 Å². The van der Waals surface area contributed by atoms with Crippen LogP contribution in [-0.2, 0) is 6.42 Å². The number of ether oxygens (including phenoxy) is 1. The van der Waals surface area contributed by atoms with Gasteiger partial charge in [-0.15, -0.1) is 0 Å². The van der Waals surface area contributed by atoms with Crippen LogP contribution in [0.3, 0.4) is 0 Å². The lowest BCUT2D eigenvalue weighted by atomic mass is 10.1. The molecule has 1 aliphatic heterocycles. The maximum absolute atomic E-state index is 5.96. The average Bonchev–Trinajstić information content (AvgIpc) is 2.70. The summed E-state index contributed by atoms with van der Waals surface area (Å²) >= 11 is 3.50. The number of likely N-dealkylation sites (N-methyl/N-ethyl adjacent to an activating group) is 1. The minimum Gasteiger partial charge on any atom is -0.488 e. The first kappa shape index (κ1) is 13.8. The highest BCUT2D eigenvalue weighted by molar-refractivity contribution is 9.10. The van der Waals surface area contributed by atoms with E-state index in [4.69, 9.17) is 4.74 Å². The van der Waals surface area contributed by atoms with Crippen LogP contribution < -0.4 is 10.1 Å². The van der Waals surface area contributed by atoms with Crippen LogP contribution in [0.25, 0.3) is 0 Å². The highest BCUT2D eigenvalue weighted by atomic mass is 79.9. The Labute approximate surface area is 118 Å². The van der Waals surface area contributed by atoms with E-state index in [2.05, 4.69) is 45.3 Å². The Kier molecular flexibility index (Phi) is 5.03. The van der Waals surface area contributed by atoms with Gasteiger partial charge in [-0.2, -0.15) is 0 Å². The average molecular weight is 313 g/mol. The Morgan fingerprint density at radius 3 is 3.11 bits per heavy atom. The normalized spacial score (nSPS) is 17.9. The van der Waals surface area contributed by atoms with Crippen molar-refractivity contribution in [2.24, 2.45) is 0 Å². The van der Waals surface area contributed by atoms with E-state index >= 15 is 0 Å². The third-order valence-electron chi connectivity index (χ3n) is 3.25. The van der Waals surface area contributed by atoms with E-state index in [1.807, 2.05) is 13.1 Å². The predicted molar refractivity (Wildman–Crippen MR) is 78.3 cm³/mol. The van der Waals surface area contributed by atoms with Crippen molar-refractivity contribution in [3.63, 3.8) is 0 Å². The molecule has 0 amide bonds. The Morgan fingerprint density at radius 2 is 2.33 bits per heavy atom. The van der Waals surface area contributed by atoms with Crippen LogP contribution in [0.4, 0.5) is 0 Å². The SMILES string of the molecule is CNCCCN(C)CC1Cc2cc(Br)ccc2O1. The fourth-order valence-electron chi connectivity index (χ4n) is 2.36. The van der Waals surface area contributed by atoms with E-state index in [-0.39, 0.29) is 0 Å². The Hall–Kier alpha value is -0.580. The molecular formula is C14H21BrN2O. The summed E-state index contributed by atoms with van der Waals surface area (Å²) < 4.78 is 7.09. The molecule has 18 heavy (non-hydrogen) atoms. The van der Waals surface area contributed by atoms with E-state index in [1.165, 1.54) is 12.0 Å². The van der Waals surface area contributed by atoms with Gasteiger partial charge in [0.2, 0.25) is 0 Å². The second kappa shape index (κ2) is 6.55. The summed E-state index contributed by atoms with van der Waals surface area (Å²) in [7, 11) is 4.16. The third kappa shape index (κ3) is 3.70. The Balaban J connectivity index is 1.80. The molecule has 0 radical (unpaired) electrons. The maximum atomic E-state index is 5.96. The molecule has 1 aliphatic rings. The molecule has 0 saturated carbocycles. The number of hydrogen-bond donors (Lipinski definition) is 1. The third-order valence-corrected chi connectivity index (χ3v) is 3.74. The van der Waals surface area contributed by atoms with E-state index < -0.39 is 0 Å². The maximum Gasteiger partial charge on any atom is 0.123 e. The standard InChI is InChI=1S/C14H21BrN2O/c1-16-6-3-7-17(2)10-13-9-11-8-12(15)4-5-14(11)18-13/h4-5,8,13,16H,3,6-7,9-10H2,1-2H3. The van der Waals surface area contributed by atoms with Crippen molar-refractivity contribution in [1.29, 1.82) is 0 Å². The number of benzene rings is 1. The quantitative estimate of drug-likeness (QED) is 0.816. The van der Waals surface area contributed by atoms with Gasteiger partial charge in [-0.05, 0) is 57.4 Å². The van der Waals surface area contributed by atoms with E-state index in [0.717, 1.165) is 36.3 Å². The van der Waals surface area contributed by atoms with Crippen LogP contribution in [0.5, 0.6) is 5.75 Å². The molecule has 0 saturated heterocycles. The lowest BCUT2D eigenvalue weighted by molar-refractivity contribution is 0.168. The number of nitrogens with zero attached hydrogens (tertiary/aromatic N) is 1. The number of rotatable bonds is 6. The largest absolute Gasteiger partial charge is 0.488 e. The Bertz CT molecular complexity index is 397. The molecule has 1 atom stereocenters. The van der Waals surface area contributed by atoms with Gasteiger partial charge in [0.15, 0.2) is 0 Å². The van der Waals surface area contributed by atoms with Gasteiger partial charge in [0.1, 0.15) is 11.9 Å². The summed E-state index contributed by atoms with van der Waals surface area (Å²) in [5.74, 6) is 1.05. The minimum absolute atomic E-state index is 0.300. The van der Waals surface area contributed by atoms with Crippen molar-refractivity contribution in [2.45, 2.75) is 18.9 Å². The van der Waals surface area contributed by atoms with Gasteiger partial charge in [-0.3, -0.25) is 0 Å². The molecule has 0 aliphatic carbocycles. The second-order valence-electron chi connectivity index (χ2n) is 4.92. The summed E-state index contributed by atoms with van der Waals surface area (Å²) in [5.41, 5.74) is 1.32. The van der Waals surface area contributed by atoms with E-state index in [1.54, 1.807) is 0 Å². The summed E-state index contributed by atoms with van der Waals surface area (Å²) in [6, 6.07) is 6.26. The molecule has 0 fully saturated rings. The topological polar surface area (TPSA) is 24.5 Å². The number of halogens is 1. The molecular weight excluding hydrogens is 292 g/mol. The highest BCUT2D eigenvalue weighted by Crippen LogP contribution is 2.31. The zero-order valence-electron chi connectivity index (χ0n) is 11.1. The molecule has 3 nitrogen and oxygen atoms in total. The molecule has 1 aromatic carbocycles. The van der Waals surface area contributed by atoms with Crippen LogP contribution in [-0.4, -0.2) is 44.7 Å². The van der Waals surface area contributed by atoms with Gasteiger partial charge in [0.25, 0.3) is 0 Å². The Morgan fingerprint density at radius 1 is 1.50 bits per heavy atom. The van der Waals surface area contributed by atoms with E-state index in [0.29, 0.717) is 6.10 Å². The van der Waals surface area contributed by atoms with Crippen LogP contribution in [0.1, 0.15) is 12.0 Å². The lowest BCUT2D eigenvalue weighted by Crippen LogP contribution is -2.33. The molecule has 100 valence electrons. The van der Waals surface area contributed by atoms with Crippen molar-refractivity contribution in [1.82, 2.24) is 10.2 Å². The molecule has 2 rings (SSSR count). The summed E-state index contributed by atoms with van der Waals surface area (Å²) in [6.07, 6.45) is 2.50. The summed E-state index contributed by atoms with van der Waals surface area (Å²) in [6.45, 7) is 3.18. The molecule has 1 heterocycles. The van der Waals surface area contributed by atoms with Crippen LogP contribution in [0.15, 0.2) is 22.7 Å². The molecule has 0 spiro atoms. The molecule has 0 aromatic heterocycles. The highest BCUT2D eigenvalue weighted by Gasteiger charge is 2.23. The van der Waals surface area contributed by atoms with Gasteiger partial charge >= 0.3 is 0 Å². The first-order valence-electron chi connectivity index (χ1n) is 6.47. The monoisotopic (exact) mass is 312 g/mol. The van der Waals surface area contributed by atoms with Crippen molar-refractivity contribution in [2.75, 3.05) is 33.7 Å². The van der Waals surface area contributed by atoms with Crippen LogP contribution >= 0.6 is 15.9 Å². The number of fused-ring (bicyclic) bond motifs is 1. The smallest absolute Gasteiger partial charge is 0.123 e. The van der Waals surface area contributed by atoms with Gasteiger partial charge in [0, 0.05) is 17.4 Å². The predicted octanol–water partition coefficient (Wildman–Crippen LogP) is 2.29. The van der Waals surface area contributed by atoms with Crippen LogP contribution in [0.2, 0.25) is 0 Å². The summed E-state index contributed by atoms with van der Waals surface area (Å²) in [5, 5.41) is 3.17. The molecule has 1 unspecified atom stereocenters. The number of hydrogen-bond acceptors (Lipinski definition) is 3. The minimum atomic E-state index is 0.300. The molecule has 1 aromatic rings. The molecule has 0 bridgehead atoms. The second-order valence-corrected chi connectivity index (χ2v) is 5.83. The van der Waals surface area contributed by atoms with Crippen molar-refractivity contribution in [3.8, 4) is 5.75 Å².